The van der Waals surface area contributed by atoms with E-state index in [4.69, 9.17) is 4.74 Å². The van der Waals surface area contributed by atoms with Crippen LogP contribution in [0.25, 0.3) is 5.57 Å². The van der Waals surface area contributed by atoms with Crippen LogP contribution < -0.4 is 5.32 Å². The van der Waals surface area contributed by atoms with Crippen LogP contribution in [0.15, 0.2) is 60.2 Å². The molecule has 5 nitrogen and oxygen atoms in total. The number of amides is 1. The van der Waals surface area contributed by atoms with Crippen molar-refractivity contribution >= 4 is 11.7 Å². The third-order valence-corrected chi connectivity index (χ3v) is 5.13. The topological polar surface area (TPSA) is 85.9 Å². The van der Waals surface area contributed by atoms with Crippen molar-refractivity contribution in [1.82, 2.24) is 5.32 Å². The molecule has 2 aromatic carbocycles. The molecule has 5 heteroatoms. The zero-order valence-electron chi connectivity index (χ0n) is 17.5. The number of nitriles is 2. The van der Waals surface area contributed by atoms with E-state index in [0.29, 0.717) is 12.0 Å². The zero-order valence-corrected chi connectivity index (χ0v) is 17.5. The molecule has 3 rings (SSSR count). The van der Waals surface area contributed by atoms with Crippen LogP contribution in [0.5, 0.6) is 0 Å². The van der Waals surface area contributed by atoms with Gasteiger partial charge in [-0.05, 0) is 55.9 Å². The Kier molecular flexibility index (Phi) is 6.23. The second-order valence-electron chi connectivity index (χ2n) is 8.35. The fraction of sp³-hybridized carbons (Fsp3) is 0.320. The molecule has 0 aliphatic heterocycles. The molecule has 0 unspecified atom stereocenters. The first-order valence-corrected chi connectivity index (χ1v) is 10.0. The molecule has 2 atom stereocenters. The quantitative estimate of drug-likeness (QED) is 0.708. The number of alkyl carbamates (subject to hydrolysis) is 1. The van der Waals surface area contributed by atoms with Gasteiger partial charge in [-0.15, -0.1) is 0 Å². The van der Waals surface area contributed by atoms with Crippen molar-refractivity contribution in [2.24, 2.45) is 5.92 Å². The summed E-state index contributed by atoms with van der Waals surface area (Å²) in [4.78, 5) is 12.7. The van der Waals surface area contributed by atoms with Crippen LogP contribution in [0.3, 0.4) is 0 Å². The molecule has 0 heterocycles. The molecule has 1 aliphatic rings. The highest BCUT2D eigenvalue weighted by Crippen LogP contribution is 2.43. The van der Waals surface area contributed by atoms with Gasteiger partial charge in [-0.25, -0.2) is 4.79 Å². The number of rotatable bonds is 3. The number of nitrogens with zero attached hydrogens (tertiary/aromatic N) is 2. The minimum atomic E-state index is -0.631. The number of aryl methyl sites for hydroxylation is 1. The van der Waals surface area contributed by atoms with Crippen LogP contribution in [-0.4, -0.2) is 11.7 Å². The van der Waals surface area contributed by atoms with E-state index >= 15 is 0 Å². The Labute approximate surface area is 177 Å². The van der Waals surface area contributed by atoms with Crippen LogP contribution in [0.1, 0.15) is 49.9 Å². The van der Waals surface area contributed by atoms with Gasteiger partial charge in [-0.3, -0.25) is 0 Å². The van der Waals surface area contributed by atoms with E-state index in [0.717, 1.165) is 23.1 Å². The van der Waals surface area contributed by atoms with Gasteiger partial charge in [0.2, 0.25) is 0 Å². The Morgan fingerprint density at radius 2 is 1.70 bits per heavy atom. The minimum absolute atomic E-state index is 0.0825. The average Bonchev–Trinajstić information content (AvgIpc) is 2.72. The van der Waals surface area contributed by atoms with E-state index in [1.165, 1.54) is 0 Å². The standard InChI is InChI=1S/C25H25N3O2/c1-25(2,3)30-24(29)28-23(18-10-5-4-6-11-18)21-14-13-17-9-7-8-12-20(17)22(21)19(15-26)16-27/h4-12,21,23H,13-14H2,1-3H3,(H,28,29)/t21-,23+/m1/s1. The van der Waals surface area contributed by atoms with Gasteiger partial charge in [0.05, 0.1) is 6.04 Å². The molecule has 0 spiro atoms. The molecule has 152 valence electrons. The normalized spacial score (nSPS) is 16.4. The van der Waals surface area contributed by atoms with Crippen molar-refractivity contribution in [1.29, 1.82) is 10.5 Å². The first-order valence-electron chi connectivity index (χ1n) is 10.0. The molecular weight excluding hydrogens is 374 g/mol. The van der Waals surface area contributed by atoms with Crippen molar-refractivity contribution in [2.75, 3.05) is 0 Å². The first kappa shape index (κ1) is 21.1. The monoisotopic (exact) mass is 399 g/mol. The lowest BCUT2D eigenvalue weighted by Gasteiger charge is -2.35. The van der Waals surface area contributed by atoms with Crippen LogP contribution in [-0.2, 0) is 11.2 Å². The van der Waals surface area contributed by atoms with Gasteiger partial charge in [0.25, 0.3) is 0 Å². The lowest BCUT2D eigenvalue weighted by atomic mass is 9.72. The smallest absolute Gasteiger partial charge is 0.408 e. The summed E-state index contributed by atoms with van der Waals surface area (Å²) < 4.78 is 5.50. The van der Waals surface area contributed by atoms with Gasteiger partial charge in [-0.2, -0.15) is 10.5 Å². The fourth-order valence-electron chi connectivity index (χ4n) is 3.97. The van der Waals surface area contributed by atoms with E-state index in [-0.39, 0.29) is 11.5 Å². The molecule has 0 radical (unpaired) electrons. The van der Waals surface area contributed by atoms with Gasteiger partial charge < -0.3 is 10.1 Å². The van der Waals surface area contributed by atoms with Crippen molar-refractivity contribution in [3.05, 3.63) is 76.9 Å². The van der Waals surface area contributed by atoms with E-state index in [1.54, 1.807) is 0 Å². The third-order valence-electron chi connectivity index (χ3n) is 5.13. The second-order valence-corrected chi connectivity index (χ2v) is 8.35. The summed E-state index contributed by atoms with van der Waals surface area (Å²) in [6, 6.07) is 21.2. The number of hydrogen-bond acceptors (Lipinski definition) is 4. The summed E-state index contributed by atoms with van der Waals surface area (Å²) in [7, 11) is 0. The van der Waals surface area contributed by atoms with Gasteiger partial charge in [0, 0.05) is 5.92 Å². The summed E-state index contributed by atoms with van der Waals surface area (Å²) in [6.45, 7) is 5.45. The Morgan fingerprint density at radius 3 is 2.33 bits per heavy atom. The minimum Gasteiger partial charge on any atom is -0.444 e. The third kappa shape index (κ3) is 4.70. The van der Waals surface area contributed by atoms with Gasteiger partial charge in [0.15, 0.2) is 0 Å². The maximum Gasteiger partial charge on any atom is 0.408 e. The summed E-state index contributed by atoms with van der Waals surface area (Å²) in [5.74, 6) is -0.232. The van der Waals surface area contributed by atoms with Gasteiger partial charge in [-0.1, -0.05) is 54.6 Å². The van der Waals surface area contributed by atoms with E-state index in [2.05, 4.69) is 17.5 Å². The van der Waals surface area contributed by atoms with Crippen LogP contribution >= 0.6 is 0 Å². The number of allylic oxidation sites excluding steroid dienone is 1. The Balaban J connectivity index is 2.10. The van der Waals surface area contributed by atoms with Crippen LogP contribution in [0, 0.1) is 28.6 Å². The molecule has 30 heavy (non-hydrogen) atoms. The van der Waals surface area contributed by atoms with Crippen molar-refractivity contribution in [3.63, 3.8) is 0 Å². The molecule has 1 N–H and O–H groups in total. The highest BCUT2D eigenvalue weighted by atomic mass is 16.6. The van der Waals surface area contributed by atoms with E-state index in [1.807, 2.05) is 75.4 Å². The number of carbonyl (C=O) groups excluding carboxylic acids is 1. The number of nitrogens with one attached hydrogen (secondary N) is 1. The highest BCUT2D eigenvalue weighted by molar-refractivity contribution is 5.81. The van der Waals surface area contributed by atoms with Crippen LogP contribution in [0.4, 0.5) is 4.79 Å². The molecule has 0 aromatic heterocycles. The number of benzene rings is 2. The molecule has 0 bridgehead atoms. The summed E-state index contributed by atoms with van der Waals surface area (Å²) in [6.07, 6.45) is 0.979. The van der Waals surface area contributed by atoms with E-state index < -0.39 is 17.7 Å². The van der Waals surface area contributed by atoms with Crippen molar-refractivity contribution in [2.45, 2.75) is 45.3 Å². The number of hydrogen-bond donors (Lipinski definition) is 1. The maximum atomic E-state index is 12.7. The Hall–Kier alpha value is -3.57. The van der Waals surface area contributed by atoms with E-state index in [9.17, 15) is 15.3 Å². The molecule has 0 saturated carbocycles. The predicted octanol–water partition coefficient (Wildman–Crippen LogP) is 5.32. The summed E-state index contributed by atoms with van der Waals surface area (Å²) in [5, 5.41) is 22.3. The molecule has 1 amide bonds. The highest BCUT2D eigenvalue weighted by Gasteiger charge is 2.35. The molecule has 2 aromatic rings. The Bertz CT molecular complexity index is 1020. The van der Waals surface area contributed by atoms with Crippen molar-refractivity contribution in [3.8, 4) is 12.1 Å². The Morgan fingerprint density at radius 1 is 1.07 bits per heavy atom. The second kappa shape index (κ2) is 8.84. The van der Waals surface area contributed by atoms with Gasteiger partial charge in [0.1, 0.15) is 23.3 Å². The lowest BCUT2D eigenvalue weighted by molar-refractivity contribution is 0.0491. The SMILES string of the molecule is CC(C)(C)OC(=O)N[C@@H](c1ccccc1)[C@@H]1CCc2ccccc2C1=C(C#N)C#N. The summed E-state index contributed by atoms with van der Waals surface area (Å²) >= 11 is 0. The summed E-state index contributed by atoms with van der Waals surface area (Å²) in [5.41, 5.74) is 3.05. The lowest BCUT2D eigenvalue weighted by Crippen LogP contribution is -2.39. The predicted molar refractivity (Wildman–Crippen MR) is 115 cm³/mol. The fourth-order valence-corrected chi connectivity index (χ4v) is 3.97. The molecule has 0 fully saturated rings. The van der Waals surface area contributed by atoms with Gasteiger partial charge >= 0.3 is 6.09 Å². The van der Waals surface area contributed by atoms with Crippen LogP contribution in [0.2, 0.25) is 0 Å². The maximum absolute atomic E-state index is 12.7. The van der Waals surface area contributed by atoms with Crippen molar-refractivity contribution < 1.29 is 9.53 Å². The number of fused-ring (bicyclic) bond motifs is 1. The first-order chi connectivity index (χ1) is 14.3. The molecule has 0 saturated heterocycles. The number of carbonyl (C=O) groups is 1. The zero-order chi connectivity index (χ0) is 21.7. The molecular formula is C25H25N3O2. The molecule has 1 aliphatic carbocycles. The average molecular weight is 399 g/mol. The largest absolute Gasteiger partial charge is 0.444 e. The number of ether oxygens (including phenoxy) is 1.